The van der Waals surface area contributed by atoms with Gasteiger partial charge >= 0.3 is 5.97 Å². The van der Waals surface area contributed by atoms with Crippen molar-refractivity contribution in [2.24, 2.45) is 0 Å². The number of thiocarbonyl (C=S) groups is 1. The summed E-state index contributed by atoms with van der Waals surface area (Å²) >= 11 is 6.32. The molecule has 0 saturated carbocycles. The molecule has 2 aromatic rings. The van der Waals surface area contributed by atoms with Crippen LogP contribution < -0.4 is 0 Å². The van der Waals surface area contributed by atoms with E-state index in [0.29, 0.717) is 32.7 Å². The van der Waals surface area contributed by atoms with Crippen molar-refractivity contribution in [2.45, 2.75) is 12.8 Å². The van der Waals surface area contributed by atoms with Gasteiger partial charge in [0.1, 0.15) is 21.7 Å². The summed E-state index contributed by atoms with van der Waals surface area (Å²) in [7, 11) is 0. The minimum atomic E-state index is -0.915. The van der Waals surface area contributed by atoms with Crippen molar-refractivity contribution in [3.8, 4) is 11.3 Å². The maximum Gasteiger partial charge on any atom is 0.303 e. The van der Waals surface area contributed by atoms with Crippen molar-refractivity contribution in [1.29, 1.82) is 0 Å². The number of nitrogens with zero attached hydrogens (tertiary/aromatic N) is 1. The van der Waals surface area contributed by atoms with E-state index in [4.69, 9.17) is 21.7 Å². The Morgan fingerprint density at radius 3 is 2.81 bits per heavy atom. The average Bonchev–Trinajstić information content (AvgIpc) is 3.15. The highest BCUT2D eigenvalue weighted by molar-refractivity contribution is 8.26. The van der Waals surface area contributed by atoms with Crippen molar-refractivity contribution < 1.29 is 23.5 Å². The third kappa shape index (κ3) is 4.03. The van der Waals surface area contributed by atoms with Crippen LogP contribution in [0.3, 0.4) is 0 Å². The zero-order valence-electron chi connectivity index (χ0n) is 13.5. The quantitative estimate of drug-likeness (QED) is 0.589. The molecule has 0 unspecified atom stereocenters. The smallest absolute Gasteiger partial charge is 0.303 e. The first-order chi connectivity index (χ1) is 12.5. The highest BCUT2D eigenvalue weighted by atomic mass is 32.2. The Morgan fingerprint density at radius 2 is 2.08 bits per heavy atom. The van der Waals surface area contributed by atoms with Gasteiger partial charge in [0.2, 0.25) is 0 Å². The van der Waals surface area contributed by atoms with E-state index >= 15 is 0 Å². The van der Waals surface area contributed by atoms with Crippen LogP contribution in [-0.2, 0) is 9.59 Å². The monoisotopic (exact) mass is 391 g/mol. The van der Waals surface area contributed by atoms with Gasteiger partial charge < -0.3 is 9.52 Å². The van der Waals surface area contributed by atoms with Gasteiger partial charge in [-0.1, -0.05) is 36.1 Å². The van der Waals surface area contributed by atoms with Gasteiger partial charge in [-0.05, 0) is 30.7 Å². The summed E-state index contributed by atoms with van der Waals surface area (Å²) in [6, 6.07) is 9.55. The second-order valence-electron chi connectivity index (χ2n) is 5.51. The molecule has 1 aliphatic heterocycles. The lowest BCUT2D eigenvalue weighted by Crippen LogP contribution is -2.29. The molecular formula is C18H14FNO4S2. The fourth-order valence-corrected chi connectivity index (χ4v) is 3.74. The summed E-state index contributed by atoms with van der Waals surface area (Å²) in [6.07, 6.45) is 1.86. The fourth-order valence-electron chi connectivity index (χ4n) is 2.45. The lowest BCUT2D eigenvalue weighted by atomic mass is 10.1. The van der Waals surface area contributed by atoms with Gasteiger partial charge in [0.15, 0.2) is 0 Å². The van der Waals surface area contributed by atoms with Crippen LogP contribution in [0.15, 0.2) is 45.7 Å². The highest BCUT2D eigenvalue weighted by Crippen LogP contribution is 2.34. The maximum absolute atomic E-state index is 13.8. The summed E-state index contributed by atoms with van der Waals surface area (Å²) in [4.78, 5) is 24.8. The third-order valence-electron chi connectivity index (χ3n) is 3.69. The number of benzene rings is 1. The van der Waals surface area contributed by atoms with Gasteiger partial charge in [0, 0.05) is 19.0 Å². The van der Waals surface area contributed by atoms with Crippen LogP contribution in [0.5, 0.6) is 0 Å². The maximum atomic E-state index is 13.8. The standard InChI is InChI=1S/C18H14FNO4S2/c19-13-5-2-1-4-12(13)14-8-7-11(24-14)10-15-17(23)20(18(25)26-15)9-3-6-16(21)22/h1-2,4-5,7-8,10H,3,6,9H2,(H,21,22). The van der Waals surface area contributed by atoms with Crippen LogP contribution in [0.1, 0.15) is 18.6 Å². The summed E-state index contributed by atoms with van der Waals surface area (Å²) in [5.74, 6) is -0.810. The number of hydrogen-bond donors (Lipinski definition) is 1. The van der Waals surface area contributed by atoms with Crippen molar-refractivity contribution in [2.75, 3.05) is 6.54 Å². The number of carboxylic acids is 1. The molecule has 1 saturated heterocycles. The number of thioether (sulfide) groups is 1. The predicted octanol–water partition coefficient (Wildman–Crippen LogP) is 4.15. The summed E-state index contributed by atoms with van der Waals surface area (Å²) < 4.78 is 19.8. The first-order valence-electron chi connectivity index (χ1n) is 7.77. The summed E-state index contributed by atoms with van der Waals surface area (Å²) in [5.41, 5.74) is 0.341. The Kier molecular flexibility index (Phi) is 5.53. The molecule has 1 amide bonds. The normalized spacial score (nSPS) is 15.9. The number of carbonyl (C=O) groups is 2. The molecule has 5 nitrogen and oxygen atoms in total. The molecule has 134 valence electrons. The first-order valence-corrected chi connectivity index (χ1v) is 9.00. The van der Waals surface area contributed by atoms with Gasteiger partial charge in [-0.2, -0.15) is 0 Å². The Morgan fingerprint density at radius 1 is 1.31 bits per heavy atom. The number of aliphatic carboxylic acids is 1. The van der Waals surface area contributed by atoms with Gasteiger partial charge in [-0.3, -0.25) is 14.5 Å². The SMILES string of the molecule is O=C(O)CCCN1C(=O)C(=Cc2ccc(-c3ccccc3F)o2)SC1=S. The van der Waals surface area contributed by atoms with E-state index in [1.165, 1.54) is 11.0 Å². The largest absolute Gasteiger partial charge is 0.481 e. The highest BCUT2D eigenvalue weighted by Gasteiger charge is 2.32. The molecule has 0 spiro atoms. The van der Waals surface area contributed by atoms with E-state index in [2.05, 4.69) is 0 Å². The number of halogens is 1. The van der Waals surface area contributed by atoms with Crippen LogP contribution in [0.4, 0.5) is 4.39 Å². The second-order valence-corrected chi connectivity index (χ2v) is 7.19. The van der Waals surface area contributed by atoms with E-state index in [0.717, 1.165) is 11.8 Å². The van der Waals surface area contributed by atoms with E-state index in [9.17, 15) is 14.0 Å². The molecule has 1 aromatic heterocycles. The molecule has 1 aromatic carbocycles. The van der Waals surface area contributed by atoms with Crippen LogP contribution >= 0.6 is 24.0 Å². The Bertz CT molecular complexity index is 906. The van der Waals surface area contributed by atoms with E-state index in [-0.39, 0.29) is 18.9 Å². The molecule has 26 heavy (non-hydrogen) atoms. The molecule has 0 bridgehead atoms. The number of amides is 1. The van der Waals surface area contributed by atoms with Crippen LogP contribution in [-0.4, -0.2) is 32.7 Å². The van der Waals surface area contributed by atoms with Crippen molar-refractivity contribution in [1.82, 2.24) is 4.90 Å². The number of furan rings is 1. The Labute approximate surface area is 158 Å². The average molecular weight is 391 g/mol. The first kappa shape index (κ1) is 18.3. The van der Waals surface area contributed by atoms with E-state index < -0.39 is 11.8 Å². The number of carbonyl (C=O) groups excluding carboxylic acids is 1. The lowest BCUT2D eigenvalue weighted by Gasteiger charge is -2.13. The molecule has 3 rings (SSSR count). The summed E-state index contributed by atoms with van der Waals surface area (Å²) in [6.45, 7) is 0.257. The fraction of sp³-hybridized carbons (Fsp3) is 0.167. The molecule has 2 heterocycles. The lowest BCUT2D eigenvalue weighted by molar-refractivity contribution is -0.137. The molecular weight excluding hydrogens is 377 g/mol. The molecule has 1 aliphatic rings. The van der Waals surface area contributed by atoms with Gasteiger partial charge in [0.25, 0.3) is 5.91 Å². The van der Waals surface area contributed by atoms with Gasteiger partial charge in [0.05, 0.1) is 10.5 Å². The van der Waals surface area contributed by atoms with Crippen molar-refractivity contribution in [3.05, 3.63) is 52.9 Å². The van der Waals surface area contributed by atoms with Crippen LogP contribution in [0.25, 0.3) is 17.4 Å². The van der Waals surface area contributed by atoms with Gasteiger partial charge in [-0.15, -0.1) is 0 Å². The number of carboxylic acid groups (broad SMARTS) is 1. The molecule has 0 atom stereocenters. The molecule has 1 N–H and O–H groups in total. The van der Waals surface area contributed by atoms with Crippen LogP contribution in [0.2, 0.25) is 0 Å². The Balaban J connectivity index is 1.75. The summed E-state index contributed by atoms with van der Waals surface area (Å²) in [5, 5.41) is 8.69. The number of rotatable bonds is 6. The topological polar surface area (TPSA) is 70.8 Å². The zero-order valence-corrected chi connectivity index (χ0v) is 15.1. The predicted molar refractivity (Wildman–Crippen MR) is 101 cm³/mol. The molecule has 1 fully saturated rings. The van der Waals surface area contributed by atoms with Crippen molar-refractivity contribution in [3.63, 3.8) is 0 Å². The molecule has 0 radical (unpaired) electrons. The zero-order chi connectivity index (χ0) is 18.7. The van der Waals surface area contributed by atoms with Crippen molar-refractivity contribution >= 4 is 46.3 Å². The van der Waals surface area contributed by atoms with Crippen LogP contribution in [0, 0.1) is 5.82 Å². The minimum Gasteiger partial charge on any atom is -0.481 e. The number of hydrogen-bond acceptors (Lipinski definition) is 5. The van der Waals surface area contributed by atoms with Gasteiger partial charge in [-0.25, -0.2) is 4.39 Å². The van der Waals surface area contributed by atoms with E-state index in [1.54, 1.807) is 36.4 Å². The second kappa shape index (κ2) is 7.84. The minimum absolute atomic E-state index is 0.0275. The van der Waals surface area contributed by atoms with E-state index in [1.807, 2.05) is 0 Å². The molecule has 8 heteroatoms. The Hall–Kier alpha value is -2.45. The third-order valence-corrected chi connectivity index (χ3v) is 5.06. The molecule has 0 aliphatic carbocycles.